The van der Waals surface area contributed by atoms with Gasteiger partial charge in [-0.2, -0.15) is 0 Å². The van der Waals surface area contributed by atoms with Crippen LogP contribution in [0.3, 0.4) is 0 Å². The minimum absolute atomic E-state index is 0.0860. The van der Waals surface area contributed by atoms with E-state index in [0.29, 0.717) is 18.9 Å². The number of ether oxygens (including phenoxy) is 3. The Labute approximate surface area is 175 Å². The third kappa shape index (κ3) is 5.03. The Morgan fingerprint density at radius 2 is 1.73 bits per heavy atom. The number of carbonyl (C=O) groups excluding carboxylic acids is 1. The Morgan fingerprint density at radius 3 is 2.53 bits per heavy atom. The van der Waals surface area contributed by atoms with E-state index >= 15 is 0 Å². The highest BCUT2D eigenvalue weighted by atomic mass is 16.7. The first-order chi connectivity index (χ1) is 14.7. The number of benzene rings is 3. The second-order valence-corrected chi connectivity index (χ2v) is 7.07. The Kier molecular flexibility index (Phi) is 6.03. The zero-order valence-electron chi connectivity index (χ0n) is 16.8. The number of rotatable bonds is 8. The van der Waals surface area contributed by atoms with Crippen LogP contribution in [-0.4, -0.2) is 18.7 Å². The quantitative estimate of drug-likeness (QED) is 0.591. The van der Waals surface area contributed by atoms with Crippen molar-refractivity contribution in [1.29, 1.82) is 0 Å². The summed E-state index contributed by atoms with van der Waals surface area (Å²) in [7, 11) is 0. The first-order valence-electron chi connectivity index (χ1n) is 9.87. The summed E-state index contributed by atoms with van der Waals surface area (Å²) in [4.78, 5) is 12.4. The molecule has 0 bridgehead atoms. The van der Waals surface area contributed by atoms with Crippen molar-refractivity contribution in [2.24, 2.45) is 0 Å². The summed E-state index contributed by atoms with van der Waals surface area (Å²) in [5, 5.41) is 6.15. The predicted molar refractivity (Wildman–Crippen MR) is 115 cm³/mol. The topological polar surface area (TPSA) is 68.8 Å². The van der Waals surface area contributed by atoms with Gasteiger partial charge >= 0.3 is 0 Å². The lowest BCUT2D eigenvalue weighted by molar-refractivity contribution is -0.121. The van der Waals surface area contributed by atoms with E-state index in [2.05, 4.69) is 10.6 Å². The predicted octanol–water partition coefficient (Wildman–Crippen LogP) is 4.11. The molecule has 2 N–H and O–H groups in total. The zero-order valence-corrected chi connectivity index (χ0v) is 16.8. The van der Waals surface area contributed by atoms with E-state index in [1.807, 2.05) is 79.7 Å². The van der Waals surface area contributed by atoms with Crippen LogP contribution >= 0.6 is 0 Å². The first-order valence-corrected chi connectivity index (χ1v) is 9.87. The molecule has 1 aliphatic rings. The molecule has 4 rings (SSSR count). The van der Waals surface area contributed by atoms with Gasteiger partial charge in [0.1, 0.15) is 18.4 Å². The summed E-state index contributed by atoms with van der Waals surface area (Å²) in [5.41, 5.74) is 2.93. The standard InChI is InChI=1S/C24H24N2O4/c1-17(24(27)25-14-19-7-12-22-23(13-19)30-16-29-22)26-20-8-10-21(11-9-20)28-15-18-5-3-2-4-6-18/h2-13,17,26H,14-16H2,1H3,(H,25,27)/t17-/m1/s1. The average Bonchev–Trinajstić information content (AvgIpc) is 3.25. The summed E-state index contributed by atoms with van der Waals surface area (Å²) < 4.78 is 16.5. The molecule has 154 valence electrons. The molecule has 0 saturated carbocycles. The van der Waals surface area contributed by atoms with Crippen molar-refractivity contribution in [2.45, 2.75) is 26.1 Å². The van der Waals surface area contributed by atoms with E-state index in [1.54, 1.807) is 0 Å². The molecule has 0 spiro atoms. The van der Waals surface area contributed by atoms with Crippen LogP contribution in [0.15, 0.2) is 72.8 Å². The lowest BCUT2D eigenvalue weighted by Gasteiger charge is -2.16. The molecule has 3 aromatic carbocycles. The zero-order chi connectivity index (χ0) is 20.8. The van der Waals surface area contributed by atoms with Crippen LogP contribution in [-0.2, 0) is 17.9 Å². The molecule has 6 heteroatoms. The first kappa shape index (κ1) is 19.6. The van der Waals surface area contributed by atoms with Gasteiger partial charge in [0.2, 0.25) is 12.7 Å². The number of anilines is 1. The van der Waals surface area contributed by atoms with Crippen LogP contribution in [0.2, 0.25) is 0 Å². The molecule has 1 atom stereocenters. The van der Waals surface area contributed by atoms with Gasteiger partial charge in [-0.15, -0.1) is 0 Å². The van der Waals surface area contributed by atoms with Crippen LogP contribution in [0.25, 0.3) is 0 Å². The molecular weight excluding hydrogens is 380 g/mol. The number of amides is 1. The molecule has 30 heavy (non-hydrogen) atoms. The molecule has 1 amide bonds. The van der Waals surface area contributed by atoms with Crippen LogP contribution in [0.5, 0.6) is 17.2 Å². The maximum Gasteiger partial charge on any atom is 0.242 e. The molecule has 0 fully saturated rings. The number of fused-ring (bicyclic) bond motifs is 1. The fourth-order valence-electron chi connectivity index (χ4n) is 3.10. The van der Waals surface area contributed by atoms with E-state index in [9.17, 15) is 4.79 Å². The van der Waals surface area contributed by atoms with Gasteiger partial charge in [0.25, 0.3) is 0 Å². The molecule has 0 unspecified atom stereocenters. The van der Waals surface area contributed by atoms with Crippen molar-refractivity contribution in [3.8, 4) is 17.2 Å². The van der Waals surface area contributed by atoms with Crippen molar-refractivity contribution in [1.82, 2.24) is 5.32 Å². The SMILES string of the molecule is C[C@@H](Nc1ccc(OCc2ccccc2)cc1)C(=O)NCc1ccc2c(c1)OCO2. The molecule has 6 nitrogen and oxygen atoms in total. The summed E-state index contributed by atoms with van der Waals surface area (Å²) >= 11 is 0. The summed E-state index contributed by atoms with van der Waals surface area (Å²) in [5.74, 6) is 2.14. The summed E-state index contributed by atoms with van der Waals surface area (Å²) in [6.07, 6.45) is 0. The molecule has 0 radical (unpaired) electrons. The Bertz CT molecular complexity index is 990. The van der Waals surface area contributed by atoms with Crippen molar-refractivity contribution in [2.75, 3.05) is 12.1 Å². The number of carbonyl (C=O) groups is 1. The van der Waals surface area contributed by atoms with Gasteiger partial charge in [-0.1, -0.05) is 36.4 Å². The third-order valence-electron chi connectivity index (χ3n) is 4.78. The Hall–Kier alpha value is -3.67. The molecule has 0 aliphatic carbocycles. The van der Waals surface area contributed by atoms with Gasteiger partial charge in [-0.05, 0) is 54.4 Å². The number of hydrogen-bond acceptors (Lipinski definition) is 5. The number of nitrogens with one attached hydrogen (secondary N) is 2. The molecule has 1 aliphatic heterocycles. The Morgan fingerprint density at radius 1 is 0.967 bits per heavy atom. The summed E-state index contributed by atoms with van der Waals surface area (Å²) in [6, 6.07) is 22.9. The second-order valence-electron chi connectivity index (χ2n) is 7.07. The largest absolute Gasteiger partial charge is 0.489 e. The highest BCUT2D eigenvalue weighted by molar-refractivity contribution is 5.84. The van der Waals surface area contributed by atoms with E-state index < -0.39 is 0 Å². The lowest BCUT2D eigenvalue weighted by Crippen LogP contribution is -2.37. The van der Waals surface area contributed by atoms with Crippen LogP contribution in [0.4, 0.5) is 5.69 Å². The van der Waals surface area contributed by atoms with E-state index in [4.69, 9.17) is 14.2 Å². The monoisotopic (exact) mass is 404 g/mol. The van der Waals surface area contributed by atoms with Gasteiger partial charge in [0.05, 0.1) is 0 Å². The number of hydrogen-bond donors (Lipinski definition) is 2. The highest BCUT2D eigenvalue weighted by Crippen LogP contribution is 2.32. The van der Waals surface area contributed by atoms with Crippen molar-refractivity contribution < 1.29 is 19.0 Å². The minimum atomic E-state index is -0.380. The van der Waals surface area contributed by atoms with Gasteiger partial charge in [0, 0.05) is 12.2 Å². The molecule has 0 aromatic heterocycles. The molecule has 3 aromatic rings. The average molecular weight is 404 g/mol. The normalized spacial score (nSPS) is 12.8. The van der Waals surface area contributed by atoms with Gasteiger partial charge < -0.3 is 24.8 Å². The van der Waals surface area contributed by atoms with E-state index in [1.165, 1.54) is 0 Å². The minimum Gasteiger partial charge on any atom is -0.489 e. The fourth-order valence-corrected chi connectivity index (χ4v) is 3.10. The Balaban J connectivity index is 1.24. The van der Waals surface area contributed by atoms with Crippen molar-refractivity contribution in [3.63, 3.8) is 0 Å². The fraction of sp³-hybridized carbons (Fsp3) is 0.208. The second kappa shape index (κ2) is 9.22. The smallest absolute Gasteiger partial charge is 0.242 e. The summed E-state index contributed by atoms with van der Waals surface area (Å²) in [6.45, 7) is 3.01. The molecule has 0 saturated heterocycles. The molecular formula is C24H24N2O4. The van der Waals surface area contributed by atoms with Crippen molar-refractivity contribution >= 4 is 11.6 Å². The van der Waals surface area contributed by atoms with Gasteiger partial charge in [-0.25, -0.2) is 0 Å². The maximum absolute atomic E-state index is 12.4. The van der Waals surface area contributed by atoms with Crippen molar-refractivity contribution in [3.05, 3.63) is 83.9 Å². The van der Waals surface area contributed by atoms with Crippen LogP contribution < -0.4 is 24.8 Å². The van der Waals surface area contributed by atoms with E-state index in [-0.39, 0.29) is 18.7 Å². The van der Waals surface area contributed by atoms with Gasteiger partial charge in [-0.3, -0.25) is 4.79 Å². The van der Waals surface area contributed by atoms with Crippen LogP contribution in [0.1, 0.15) is 18.1 Å². The maximum atomic E-state index is 12.4. The van der Waals surface area contributed by atoms with E-state index in [0.717, 1.165) is 28.3 Å². The van der Waals surface area contributed by atoms with Crippen LogP contribution in [0, 0.1) is 0 Å². The lowest BCUT2D eigenvalue weighted by atomic mass is 10.2. The highest BCUT2D eigenvalue weighted by Gasteiger charge is 2.15. The van der Waals surface area contributed by atoms with Gasteiger partial charge in [0.15, 0.2) is 11.5 Å². The third-order valence-corrected chi connectivity index (χ3v) is 4.78. The molecule has 1 heterocycles.